The molecule has 0 bridgehead atoms. The number of rotatable bonds is 5. The van der Waals surface area contributed by atoms with Crippen molar-refractivity contribution >= 4 is 40.2 Å². The van der Waals surface area contributed by atoms with E-state index in [2.05, 4.69) is 25.6 Å². The van der Waals surface area contributed by atoms with Gasteiger partial charge in [0.1, 0.15) is 6.10 Å². The van der Waals surface area contributed by atoms with Gasteiger partial charge in [-0.2, -0.15) is 9.97 Å². The minimum atomic E-state index is -1.17. The summed E-state index contributed by atoms with van der Waals surface area (Å²) in [5, 5.41) is 27.2. The molecule has 3 aromatic rings. The van der Waals surface area contributed by atoms with Crippen LogP contribution in [0.4, 0.5) is 11.5 Å². The van der Waals surface area contributed by atoms with Crippen LogP contribution in [0.1, 0.15) is 18.0 Å². The monoisotopic (exact) mass is 443 g/mol. The SMILES string of the molecule is CNC(=O)[C@]12C[C@@H]1[C@@H](n1cnc3c(NCc4ccc(N)cc4)nc(Cl)nc31)[C@H](O)[C@@H]2O. The van der Waals surface area contributed by atoms with Crippen LogP contribution >= 0.6 is 11.6 Å². The molecule has 5 atom stereocenters. The molecule has 2 saturated carbocycles. The van der Waals surface area contributed by atoms with E-state index in [1.807, 2.05) is 24.3 Å². The predicted octanol–water partition coefficient (Wildman–Crippen LogP) is 0.703. The van der Waals surface area contributed by atoms with Crippen molar-refractivity contribution < 1.29 is 15.0 Å². The largest absolute Gasteiger partial charge is 0.399 e. The first kappa shape index (κ1) is 20.0. The third-order valence-corrected chi connectivity index (χ3v) is 6.65. The molecule has 162 valence electrons. The van der Waals surface area contributed by atoms with E-state index in [-0.39, 0.29) is 17.1 Å². The van der Waals surface area contributed by atoms with Crippen molar-refractivity contribution in [3.63, 3.8) is 0 Å². The Hall–Kier alpha value is -2.95. The van der Waals surface area contributed by atoms with E-state index >= 15 is 0 Å². The third-order valence-electron chi connectivity index (χ3n) is 6.48. The predicted molar refractivity (Wildman–Crippen MR) is 114 cm³/mol. The number of aliphatic hydroxyl groups excluding tert-OH is 2. The van der Waals surface area contributed by atoms with Crippen LogP contribution in [0, 0.1) is 11.3 Å². The van der Waals surface area contributed by atoms with Gasteiger partial charge in [-0.15, -0.1) is 0 Å². The fourth-order valence-electron chi connectivity index (χ4n) is 4.84. The van der Waals surface area contributed by atoms with E-state index in [0.717, 1.165) is 5.56 Å². The standard InChI is InChI=1S/C20H22ClN7O3/c1-23-18(31)20-6-11(20)13(14(29)15(20)30)28-8-25-12-16(26-19(21)27-17(12)28)24-7-9-2-4-10(22)5-3-9/h2-5,8,11,13-15,29-30H,6-7,22H2,1H3,(H,23,31)(H,24,26,27)/t11-,13-,14+,15+,20-/m1/s1. The van der Waals surface area contributed by atoms with Gasteiger partial charge in [0.05, 0.1) is 23.9 Å². The highest BCUT2D eigenvalue weighted by atomic mass is 35.5. The normalized spacial score (nSPS) is 29.0. The lowest BCUT2D eigenvalue weighted by Gasteiger charge is -2.23. The van der Waals surface area contributed by atoms with Gasteiger partial charge in [0.2, 0.25) is 11.2 Å². The van der Waals surface area contributed by atoms with Gasteiger partial charge in [-0.3, -0.25) is 4.79 Å². The van der Waals surface area contributed by atoms with Crippen LogP contribution in [0.3, 0.4) is 0 Å². The number of amides is 1. The van der Waals surface area contributed by atoms with Gasteiger partial charge in [0.25, 0.3) is 0 Å². The van der Waals surface area contributed by atoms with Gasteiger partial charge in [0, 0.05) is 25.2 Å². The van der Waals surface area contributed by atoms with Crippen molar-refractivity contribution in [3.05, 3.63) is 41.4 Å². The van der Waals surface area contributed by atoms with Crippen LogP contribution in [0.15, 0.2) is 30.6 Å². The van der Waals surface area contributed by atoms with Crippen LogP contribution < -0.4 is 16.4 Å². The van der Waals surface area contributed by atoms with Crippen molar-refractivity contribution in [2.45, 2.75) is 31.2 Å². The Morgan fingerprint density at radius 3 is 2.77 bits per heavy atom. The molecule has 6 N–H and O–H groups in total. The number of fused-ring (bicyclic) bond motifs is 2. The fourth-order valence-corrected chi connectivity index (χ4v) is 5.00. The summed E-state index contributed by atoms with van der Waals surface area (Å²) in [6.07, 6.45) is -0.270. The Labute approximate surface area is 182 Å². The fraction of sp³-hybridized carbons (Fsp3) is 0.400. The number of halogens is 1. The maximum atomic E-state index is 12.4. The summed E-state index contributed by atoms with van der Waals surface area (Å²) in [5.74, 6) is -0.0452. The number of nitrogens with one attached hydrogen (secondary N) is 2. The first-order chi connectivity index (χ1) is 14.9. The van der Waals surface area contributed by atoms with E-state index in [0.29, 0.717) is 35.6 Å². The minimum Gasteiger partial charge on any atom is -0.399 e. The summed E-state index contributed by atoms with van der Waals surface area (Å²) >= 11 is 6.18. The van der Waals surface area contributed by atoms with Crippen molar-refractivity contribution in [1.29, 1.82) is 0 Å². The summed E-state index contributed by atoms with van der Waals surface area (Å²) in [6.45, 7) is 0.475. The molecule has 5 rings (SSSR count). The van der Waals surface area contributed by atoms with Crippen LogP contribution in [0.25, 0.3) is 11.2 Å². The van der Waals surface area contributed by atoms with Gasteiger partial charge in [-0.05, 0) is 35.7 Å². The number of hydrogen-bond acceptors (Lipinski definition) is 8. The summed E-state index contributed by atoms with van der Waals surface area (Å²) in [6, 6.07) is 6.89. The summed E-state index contributed by atoms with van der Waals surface area (Å²) < 4.78 is 1.69. The lowest BCUT2D eigenvalue weighted by Crippen LogP contribution is -2.41. The number of benzene rings is 1. The van der Waals surface area contributed by atoms with Crippen LogP contribution in [-0.4, -0.2) is 54.9 Å². The van der Waals surface area contributed by atoms with Crippen molar-refractivity contribution in [2.24, 2.45) is 11.3 Å². The number of nitrogens with two attached hydrogens (primary N) is 1. The topological polar surface area (TPSA) is 151 Å². The van der Waals surface area contributed by atoms with E-state index in [9.17, 15) is 15.0 Å². The molecular formula is C20H22ClN7O3. The number of nitrogen functional groups attached to an aromatic ring is 1. The molecule has 1 amide bonds. The van der Waals surface area contributed by atoms with E-state index in [1.54, 1.807) is 10.9 Å². The highest BCUT2D eigenvalue weighted by Gasteiger charge is 2.75. The van der Waals surface area contributed by atoms with E-state index < -0.39 is 23.7 Å². The number of aromatic nitrogens is 4. The lowest BCUT2D eigenvalue weighted by molar-refractivity contribution is -0.132. The summed E-state index contributed by atoms with van der Waals surface area (Å²) in [4.78, 5) is 25.4. The molecule has 0 unspecified atom stereocenters. The molecule has 2 aliphatic carbocycles. The molecule has 0 radical (unpaired) electrons. The quantitative estimate of drug-likeness (QED) is 0.285. The summed E-state index contributed by atoms with van der Waals surface area (Å²) in [7, 11) is 1.53. The van der Waals surface area contributed by atoms with Gasteiger partial charge in [-0.25, -0.2) is 4.98 Å². The van der Waals surface area contributed by atoms with Crippen molar-refractivity contribution in [1.82, 2.24) is 24.8 Å². The molecule has 2 fully saturated rings. The molecule has 0 spiro atoms. The van der Waals surface area contributed by atoms with Gasteiger partial charge in [-0.1, -0.05) is 12.1 Å². The molecule has 2 aliphatic rings. The maximum Gasteiger partial charge on any atom is 0.229 e. The van der Waals surface area contributed by atoms with E-state index in [1.165, 1.54) is 7.05 Å². The van der Waals surface area contributed by atoms with Gasteiger partial charge < -0.3 is 31.1 Å². The Morgan fingerprint density at radius 1 is 1.32 bits per heavy atom. The zero-order chi connectivity index (χ0) is 21.9. The number of imidazole rings is 1. The number of hydrogen-bond donors (Lipinski definition) is 5. The average molecular weight is 444 g/mol. The second-order valence-electron chi connectivity index (χ2n) is 8.12. The molecular weight excluding hydrogens is 422 g/mol. The molecule has 2 aromatic heterocycles. The van der Waals surface area contributed by atoms with Crippen LogP contribution in [0.5, 0.6) is 0 Å². The number of nitrogens with zero attached hydrogens (tertiary/aromatic N) is 4. The zero-order valence-corrected chi connectivity index (χ0v) is 17.4. The number of anilines is 2. The molecule has 10 nitrogen and oxygen atoms in total. The zero-order valence-electron chi connectivity index (χ0n) is 16.7. The van der Waals surface area contributed by atoms with E-state index in [4.69, 9.17) is 17.3 Å². The second kappa shape index (κ2) is 7.04. The Morgan fingerprint density at radius 2 is 2.06 bits per heavy atom. The molecule has 1 aromatic carbocycles. The molecule has 31 heavy (non-hydrogen) atoms. The van der Waals surface area contributed by atoms with Crippen LogP contribution in [-0.2, 0) is 11.3 Å². The van der Waals surface area contributed by atoms with Gasteiger partial charge in [0.15, 0.2) is 17.0 Å². The molecule has 0 saturated heterocycles. The first-order valence-electron chi connectivity index (χ1n) is 9.93. The summed E-state index contributed by atoms with van der Waals surface area (Å²) in [5.41, 5.74) is 7.34. The Bertz CT molecular complexity index is 1170. The Balaban J connectivity index is 1.48. The third kappa shape index (κ3) is 2.93. The number of aliphatic hydroxyl groups is 2. The average Bonchev–Trinajstić information content (AvgIpc) is 3.30. The number of carbonyl (C=O) groups is 1. The highest BCUT2D eigenvalue weighted by Crippen LogP contribution is 2.67. The first-order valence-corrected chi connectivity index (χ1v) is 10.3. The smallest absolute Gasteiger partial charge is 0.229 e. The lowest BCUT2D eigenvalue weighted by atomic mass is 9.98. The number of carbonyl (C=O) groups excluding carboxylic acids is 1. The van der Waals surface area contributed by atoms with Crippen molar-refractivity contribution in [2.75, 3.05) is 18.1 Å². The van der Waals surface area contributed by atoms with Crippen molar-refractivity contribution in [3.8, 4) is 0 Å². The van der Waals surface area contributed by atoms with Crippen LogP contribution in [0.2, 0.25) is 5.28 Å². The molecule has 0 aliphatic heterocycles. The highest BCUT2D eigenvalue weighted by molar-refractivity contribution is 6.28. The Kier molecular flexibility index (Phi) is 4.54. The minimum absolute atomic E-state index is 0.0236. The molecule has 2 heterocycles. The second-order valence-corrected chi connectivity index (χ2v) is 8.45. The maximum absolute atomic E-state index is 12.4. The molecule has 11 heteroatoms. The van der Waals surface area contributed by atoms with Gasteiger partial charge >= 0.3 is 0 Å².